The predicted molar refractivity (Wildman–Crippen MR) is 73.1 cm³/mol. The van der Waals surface area contributed by atoms with E-state index in [1.807, 2.05) is 37.4 Å². The Morgan fingerprint density at radius 2 is 1.53 bits per heavy atom. The molecule has 0 amide bonds. The SMILES string of the molecule is Cn1c2ccccc2c(=S)n1-c1ccccc1. The van der Waals surface area contributed by atoms with Crippen LogP contribution >= 0.6 is 12.2 Å². The maximum Gasteiger partial charge on any atom is 0.135 e. The lowest BCUT2D eigenvalue weighted by Crippen LogP contribution is -2.06. The summed E-state index contributed by atoms with van der Waals surface area (Å²) >= 11 is 5.54. The van der Waals surface area contributed by atoms with Crippen LogP contribution in [0.3, 0.4) is 0 Å². The summed E-state index contributed by atoms with van der Waals surface area (Å²) in [7, 11) is 2.03. The van der Waals surface area contributed by atoms with Crippen LogP contribution in [0.4, 0.5) is 0 Å². The van der Waals surface area contributed by atoms with Gasteiger partial charge in [0.05, 0.1) is 11.2 Å². The zero-order valence-corrected chi connectivity index (χ0v) is 10.3. The smallest absolute Gasteiger partial charge is 0.135 e. The fraction of sp³-hybridized carbons (Fsp3) is 0.0714. The van der Waals surface area contributed by atoms with Gasteiger partial charge < -0.3 is 0 Å². The molecule has 0 N–H and O–H groups in total. The molecule has 17 heavy (non-hydrogen) atoms. The van der Waals surface area contributed by atoms with Crippen molar-refractivity contribution in [3.05, 3.63) is 59.2 Å². The van der Waals surface area contributed by atoms with Crippen molar-refractivity contribution in [2.24, 2.45) is 7.05 Å². The van der Waals surface area contributed by atoms with Crippen molar-refractivity contribution < 1.29 is 0 Å². The van der Waals surface area contributed by atoms with E-state index in [1.54, 1.807) is 0 Å². The van der Waals surface area contributed by atoms with Gasteiger partial charge >= 0.3 is 0 Å². The minimum atomic E-state index is 0.856. The number of fused-ring (bicyclic) bond motifs is 1. The van der Waals surface area contributed by atoms with Crippen molar-refractivity contribution in [2.75, 3.05) is 0 Å². The minimum absolute atomic E-state index is 0.856. The number of aromatic nitrogens is 2. The van der Waals surface area contributed by atoms with E-state index < -0.39 is 0 Å². The van der Waals surface area contributed by atoms with E-state index in [2.05, 4.69) is 33.6 Å². The molecule has 0 radical (unpaired) electrons. The third kappa shape index (κ3) is 1.51. The molecular formula is C14H12N2S. The summed E-state index contributed by atoms with van der Waals surface area (Å²) < 4.78 is 5.00. The Morgan fingerprint density at radius 1 is 0.882 bits per heavy atom. The van der Waals surface area contributed by atoms with E-state index in [1.165, 1.54) is 0 Å². The van der Waals surface area contributed by atoms with Crippen LogP contribution in [0.2, 0.25) is 0 Å². The first-order valence-corrected chi connectivity index (χ1v) is 5.92. The van der Waals surface area contributed by atoms with Gasteiger partial charge in [0, 0.05) is 12.4 Å². The molecule has 0 aliphatic carbocycles. The summed E-state index contributed by atoms with van der Waals surface area (Å²) in [6.07, 6.45) is 0. The Bertz CT molecular complexity index is 723. The van der Waals surface area contributed by atoms with Crippen LogP contribution in [-0.4, -0.2) is 9.36 Å². The van der Waals surface area contributed by atoms with Crippen molar-refractivity contribution in [1.82, 2.24) is 9.36 Å². The maximum atomic E-state index is 5.54. The largest absolute Gasteiger partial charge is 0.282 e. The van der Waals surface area contributed by atoms with Gasteiger partial charge in [-0.1, -0.05) is 42.5 Å². The highest BCUT2D eigenvalue weighted by atomic mass is 32.1. The number of benzene rings is 2. The first kappa shape index (κ1) is 10.3. The third-order valence-electron chi connectivity index (χ3n) is 2.98. The Morgan fingerprint density at radius 3 is 2.24 bits per heavy atom. The second-order valence-corrected chi connectivity index (χ2v) is 4.38. The molecule has 0 unspecified atom stereocenters. The van der Waals surface area contributed by atoms with Crippen molar-refractivity contribution in [2.45, 2.75) is 0 Å². The summed E-state index contributed by atoms with van der Waals surface area (Å²) in [6, 6.07) is 18.4. The van der Waals surface area contributed by atoms with Gasteiger partial charge in [0.15, 0.2) is 0 Å². The maximum absolute atomic E-state index is 5.54. The Labute approximate surface area is 105 Å². The highest BCUT2D eigenvalue weighted by Crippen LogP contribution is 2.20. The normalized spacial score (nSPS) is 10.9. The summed E-state index contributed by atoms with van der Waals surface area (Å²) in [4.78, 5) is 0. The molecule has 3 heteroatoms. The average molecular weight is 240 g/mol. The lowest BCUT2D eigenvalue weighted by atomic mass is 10.2. The summed E-state index contributed by atoms with van der Waals surface area (Å²) in [5.41, 5.74) is 2.25. The van der Waals surface area contributed by atoms with E-state index in [0.29, 0.717) is 0 Å². The van der Waals surface area contributed by atoms with Crippen LogP contribution in [0, 0.1) is 4.64 Å². The standard InChI is InChI=1S/C14H12N2S/c1-15-13-10-6-5-9-12(13)14(17)16(15)11-7-3-2-4-8-11/h2-10H,1H3. The zero-order chi connectivity index (χ0) is 11.8. The van der Waals surface area contributed by atoms with Gasteiger partial charge in [0.2, 0.25) is 0 Å². The summed E-state index contributed by atoms with van der Waals surface area (Å²) in [5, 5.41) is 1.12. The van der Waals surface area contributed by atoms with Gasteiger partial charge in [-0.15, -0.1) is 0 Å². The Kier molecular flexibility index (Phi) is 2.34. The third-order valence-corrected chi connectivity index (χ3v) is 3.37. The fourth-order valence-electron chi connectivity index (χ4n) is 2.15. The molecule has 0 aliphatic rings. The summed E-state index contributed by atoms with van der Waals surface area (Å²) in [6.45, 7) is 0. The van der Waals surface area contributed by atoms with Crippen LogP contribution in [0.1, 0.15) is 0 Å². The number of hydrogen-bond donors (Lipinski definition) is 0. The van der Waals surface area contributed by atoms with Gasteiger partial charge in [-0.3, -0.25) is 4.68 Å². The van der Waals surface area contributed by atoms with E-state index in [-0.39, 0.29) is 0 Å². The highest BCUT2D eigenvalue weighted by Gasteiger charge is 2.07. The molecule has 1 aromatic heterocycles. The van der Waals surface area contributed by atoms with E-state index in [9.17, 15) is 0 Å². The second-order valence-electron chi connectivity index (χ2n) is 3.99. The van der Waals surface area contributed by atoms with Crippen LogP contribution in [-0.2, 0) is 7.05 Å². The molecule has 2 aromatic carbocycles. The fourth-order valence-corrected chi connectivity index (χ4v) is 2.55. The number of aryl methyl sites for hydroxylation is 1. The molecule has 0 saturated heterocycles. The molecule has 0 fully saturated rings. The molecule has 3 aromatic rings. The number of hydrogen-bond acceptors (Lipinski definition) is 1. The topological polar surface area (TPSA) is 9.86 Å². The first-order chi connectivity index (χ1) is 8.29. The van der Waals surface area contributed by atoms with Crippen LogP contribution in [0.25, 0.3) is 16.6 Å². The molecule has 0 spiro atoms. The van der Waals surface area contributed by atoms with Gasteiger partial charge in [-0.2, -0.15) is 0 Å². The van der Waals surface area contributed by atoms with Gasteiger partial charge in [0.25, 0.3) is 0 Å². The zero-order valence-electron chi connectivity index (χ0n) is 9.50. The number of para-hydroxylation sites is 2. The molecule has 0 saturated carbocycles. The summed E-state index contributed by atoms with van der Waals surface area (Å²) in [5.74, 6) is 0. The highest BCUT2D eigenvalue weighted by molar-refractivity contribution is 7.71. The predicted octanol–water partition coefficient (Wildman–Crippen LogP) is 3.70. The Hall–Kier alpha value is -1.87. The van der Waals surface area contributed by atoms with Crippen LogP contribution in [0.15, 0.2) is 54.6 Å². The lowest BCUT2D eigenvalue weighted by molar-refractivity contribution is 0.676. The van der Waals surface area contributed by atoms with Crippen molar-refractivity contribution >= 4 is 23.1 Å². The van der Waals surface area contributed by atoms with Crippen LogP contribution < -0.4 is 0 Å². The number of rotatable bonds is 1. The van der Waals surface area contributed by atoms with Gasteiger partial charge in [-0.25, -0.2) is 4.68 Å². The molecular weight excluding hydrogens is 228 g/mol. The van der Waals surface area contributed by atoms with E-state index >= 15 is 0 Å². The van der Waals surface area contributed by atoms with Crippen LogP contribution in [0.5, 0.6) is 0 Å². The second kappa shape index (κ2) is 3.86. The molecule has 3 rings (SSSR count). The van der Waals surface area contributed by atoms with Gasteiger partial charge in [-0.05, 0) is 24.3 Å². The van der Waals surface area contributed by atoms with Crippen molar-refractivity contribution in [3.8, 4) is 5.69 Å². The molecule has 1 heterocycles. The molecule has 0 aliphatic heterocycles. The van der Waals surface area contributed by atoms with Crippen molar-refractivity contribution in [1.29, 1.82) is 0 Å². The first-order valence-electron chi connectivity index (χ1n) is 5.51. The molecule has 0 atom stereocenters. The molecule has 84 valence electrons. The Balaban J connectivity index is 2.42. The average Bonchev–Trinajstić information content (AvgIpc) is 2.64. The lowest BCUT2D eigenvalue weighted by Gasteiger charge is -2.08. The van der Waals surface area contributed by atoms with E-state index in [0.717, 1.165) is 21.2 Å². The van der Waals surface area contributed by atoms with Crippen molar-refractivity contribution in [3.63, 3.8) is 0 Å². The minimum Gasteiger partial charge on any atom is -0.282 e. The molecule has 0 bridgehead atoms. The van der Waals surface area contributed by atoms with E-state index in [4.69, 9.17) is 12.2 Å². The molecule has 2 nitrogen and oxygen atoms in total. The monoisotopic (exact) mass is 240 g/mol. The number of nitrogens with zero attached hydrogens (tertiary/aromatic N) is 2. The van der Waals surface area contributed by atoms with Gasteiger partial charge in [0.1, 0.15) is 4.64 Å². The quantitative estimate of drug-likeness (QED) is 0.590.